The van der Waals surface area contributed by atoms with Crippen molar-refractivity contribution in [3.63, 3.8) is 0 Å². The zero-order valence-electron chi connectivity index (χ0n) is 12.0. The lowest BCUT2D eigenvalue weighted by atomic mass is 10.1. The molecule has 0 spiro atoms. The molecule has 0 fully saturated rings. The van der Waals surface area contributed by atoms with E-state index in [0.717, 1.165) is 25.3 Å². The third-order valence-corrected chi connectivity index (χ3v) is 3.71. The van der Waals surface area contributed by atoms with Gasteiger partial charge in [-0.2, -0.15) is 0 Å². The van der Waals surface area contributed by atoms with E-state index in [-0.39, 0.29) is 0 Å². The first-order chi connectivity index (χ1) is 9.79. The lowest BCUT2D eigenvalue weighted by molar-refractivity contribution is 0.786. The van der Waals surface area contributed by atoms with Gasteiger partial charge in [0.2, 0.25) is 0 Å². The van der Waals surface area contributed by atoms with Gasteiger partial charge in [-0.05, 0) is 31.3 Å². The van der Waals surface area contributed by atoms with Crippen molar-refractivity contribution in [2.24, 2.45) is 0 Å². The van der Waals surface area contributed by atoms with Crippen LogP contribution < -0.4 is 15.1 Å². The number of nitrogens with zero attached hydrogens (tertiary/aromatic N) is 3. The zero-order valence-corrected chi connectivity index (χ0v) is 12.0. The van der Waals surface area contributed by atoms with Gasteiger partial charge in [-0.25, -0.2) is 0 Å². The highest BCUT2D eigenvalue weighted by Gasteiger charge is 2.21. The van der Waals surface area contributed by atoms with Gasteiger partial charge in [0, 0.05) is 38.6 Å². The first kappa shape index (κ1) is 12.9. The van der Waals surface area contributed by atoms with Crippen molar-refractivity contribution in [1.82, 2.24) is 10.3 Å². The minimum atomic E-state index is 0.795. The normalized spacial score (nSPS) is 14.3. The molecule has 4 nitrogen and oxygen atoms in total. The van der Waals surface area contributed by atoms with E-state index >= 15 is 0 Å². The molecule has 1 N–H and O–H groups in total. The second kappa shape index (κ2) is 5.51. The molecule has 3 rings (SSSR count). The van der Waals surface area contributed by atoms with Crippen molar-refractivity contribution in [1.29, 1.82) is 0 Å². The first-order valence-electron chi connectivity index (χ1n) is 6.97. The van der Waals surface area contributed by atoms with Gasteiger partial charge >= 0.3 is 0 Å². The monoisotopic (exact) mass is 268 g/mol. The fourth-order valence-electron chi connectivity index (χ4n) is 2.69. The molecule has 2 heterocycles. The Balaban J connectivity index is 1.99. The summed E-state index contributed by atoms with van der Waals surface area (Å²) in [5, 5.41) is 3.15. The highest BCUT2D eigenvalue weighted by atomic mass is 15.3. The summed E-state index contributed by atoms with van der Waals surface area (Å²) in [6.45, 7) is 2.82. The van der Waals surface area contributed by atoms with Crippen LogP contribution in [-0.4, -0.2) is 32.2 Å². The van der Waals surface area contributed by atoms with Gasteiger partial charge in [0.05, 0.1) is 17.1 Å². The lowest BCUT2D eigenvalue weighted by Crippen LogP contribution is -2.36. The molecule has 0 saturated heterocycles. The number of hydrogen-bond acceptors (Lipinski definition) is 4. The number of nitrogens with one attached hydrogen (secondary N) is 1. The number of anilines is 3. The summed E-state index contributed by atoms with van der Waals surface area (Å²) in [7, 11) is 4.09. The maximum absolute atomic E-state index is 4.40. The predicted octanol–water partition coefficient (Wildman–Crippen LogP) is 2.39. The Kier molecular flexibility index (Phi) is 3.56. The van der Waals surface area contributed by atoms with Crippen molar-refractivity contribution in [2.45, 2.75) is 6.54 Å². The summed E-state index contributed by atoms with van der Waals surface area (Å²) in [6, 6.07) is 12.8. The Hall–Kier alpha value is -2.07. The minimum absolute atomic E-state index is 0.795. The minimum Gasteiger partial charge on any atom is -0.371 e. The summed E-state index contributed by atoms with van der Waals surface area (Å²) < 4.78 is 0. The van der Waals surface area contributed by atoms with Crippen LogP contribution in [0, 0.1) is 0 Å². The van der Waals surface area contributed by atoms with Crippen LogP contribution in [-0.2, 0) is 6.54 Å². The SMILES string of the molecule is CNCc1cc(N2CCN(C)c3ccccc32)ccn1. The van der Waals surface area contributed by atoms with Gasteiger partial charge in [-0.1, -0.05) is 12.1 Å². The van der Waals surface area contributed by atoms with Gasteiger partial charge < -0.3 is 15.1 Å². The lowest BCUT2D eigenvalue weighted by Gasteiger charge is -2.37. The van der Waals surface area contributed by atoms with Gasteiger partial charge in [0.15, 0.2) is 0 Å². The van der Waals surface area contributed by atoms with Crippen LogP contribution in [0.2, 0.25) is 0 Å². The zero-order chi connectivity index (χ0) is 13.9. The Morgan fingerprint density at radius 1 is 1.15 bits per heavy atom. The van der Waals surface area contributed by atoms with Gasteiger partial charge in [-0.3, -0.25) is 4.98 Å². The molecule has 1 aromatic carbocycles. The third-order valence-electron chi connectivity index (χ3n) is 3.71. The predicted molar refractivity (Wildman–Crippen MR) is 83.7 cm³/mol. The second-order valence-electron chi connectivity index (χ2n) is 5.10. The van der Waals surface area contributed by atoms with Gasteiger partial charge in [0.1, 0.15) is 0 Å². The van der Waals surface area contributed by atoms with Crippen LogP contribution in [0.5, 0.6) is 0 Å². The number of fused-ring (bicyclic) bond motifs is 1. The molecule has 20 heavy (non-hydrogen) atoms. The van der Waals surface area contributed by atoms with Crippen LogP contribution >= 0.6 is 0 Å². The van der Waals surface area contributed by atoms with Crippen LogP contribution in [0.3, 0.4) is 0 Å². The molecule has 0 saturated carbocycles. The standard InChI is InChI=1S/C16H20N4/c1-17-12-13-11-14(7-8-18-13)20-10-9-19(2)15-5-3-4-6-16(15)20/h3-8,11,17H,9-10,12H2,1-2H3. The Morgan fingerprint density at radius 3 is 2.75 bits per heavy atom. The van der Waals surface area contributed by atoms with E-state index in [9.17, 15) is 0 Å². The van der Waals surface area contributed by atoms with E-state index < -0.39 is 0 Å². The van der Waals surface area contributed by atoms with Crippen molar-refractivity contribution < 1.29 is 0 Å². The third kappa shape index (κ3) is 2.34. The van der Waals surface area contributed by atoms with Crippen LogP contribution in [0.4, 0.5) is 17.1 Å². The van der Waals surface area contributed by atoms with Crippen LogP contribution in [0.15, 0.2) is 42.6 Å². The van der Waals surface area contributed by atoms with E-state index in [1.807, 2.05) is 13.2 Å². The quantitative estimate of drug-likeness (QED) is 0.926. The van der Waals surface area contributed by atoms with Crippen molar-refractivity contribution >= 4 is 17.1 Å². The molecule has 1 aliphatic rings. The molecule has 1 aliphatic heterocycles. The van der Waals surface area contributed by atoms with E-state index in [1.54, 1.807) is 0 Å². The molecule has 2 aromatic rings. The number of likely N-dealkylation sites (N-methyl/N-ethyl adjacent to an activating group) is 1. The van der Waals surface area contributed by atoms with Gasteiger partial charge in [-0.15, -0.1) is 0 Å². The average molecular weight is 268 g/mol. The average Bonchev–Trinajstić information content (AvgIpc) is 2.49. The molecule has 1 aromatic heterocycles. The molecule has 0 unspecified atom stereocenters. The molecule has 0 atom stereocenters. The first-order valence-corrected chi connectivity index (χ1v) is 6.97. The number of pyridine rings is 1. The summed E-state index contributed by atoms with van der Waals surface area (Å²) in [6.07, 6.45) is 1.89. The summed E-state index contributed by atoms with van der Waals surface area (Å²) in [4.78, 5) is 9.07. The Morgan fingerprint density at radius 2 is 1.95 bits per heavy atom. The molecule has 0 radical (unpaired) electrons. The maximum atomic E-state index is 4.40. The second-order valence-corrected chi connectivity index (χ2v) is 5.10. The molecule has 0 aliphatic carbocycles. The molecular weight excluding hydrogens is 248 g/mol. The number of para-hydroxylation sites is 2. The van der Waals surface area contributed by atoms with E-state index in [1.165, 1.54) is 17.1 Å². The number of rotatable bonds is 3. The van der Waals surface area contributed by atoms with E-state index in [0.29, 0.717) is 0 Å². The summed E-state index contributed by atoms with van der Waals surface area (Å²) in [5.41, 5.74) is 4.83. The number of benzene rings is 1. The largest absolute Gasteiger partial charge is 0.371 e. The fraction of sp³-hybridized carbons (Fsp3) is 0.312. The molecular formula is C16H20N4. The van der Waals surface area contributed by atoms with Crippen LogP contribution in [0.1, 0.15) is 5.69 Å². The van der Waals surface area contributed by atoms with Crippen LogP contribution in [0.25, 0.3) is 0 Å². The maximum Gasteiger partial charge on any atom is 0.0649 e. The van der Waals surface area contributed by atoms with E-state index in [4.69, 9.17) is 0 Å². The Bertz CT molecular complexity index is 597. The number of hydrogen-bond donors (Lipinski definition) is 1. The Labute approximate surface area is 120 Å². The molecule has 0 bridgehead atoms. The van der Waals surface area contributed by atoms with Crippen molar-refractivity contribution in [3.05, 3.63) is 48.3 Å². The topological polar surface area (TPSA) is 31.4 Å². The summed E-state index contributed by atoms with van der Waals surface area (Å²) >= 11 is 0. The molecule has 104 valence electrons. The van der Waals surface area contributed by atoms with Crippen molar-refractivity contribution in [2.75, 3.05) is 37.0 Å². The fourth-order valence-corrected chi connectivity index (χ4v) is 2.69. The molecule has 4 heteroatoms. The van der Waals surface area contributed by atoms with E-state index in [2.05, 4.69) is 63.5 Å². The highest BCUT2D eigenvalue weighted by Crippen LogP contribution is 2.36. The number of aromatic nitrogens is 1. The smallest absolute Gasteiger partial charge is 0.0649 e. The summed E-state index contributed by atoms with van der Waals surface area (Å²) in [5.74, 6) is 0. The van der Waals surface area contributed by atoms with Crippen molar-refractivity contribution in [3.8, 4) is 0 Å². The van der Waals surface area contributed by atoms with Gasteiger partial charge in [0.25, 0.3) is 0 Å². The molecule has 0 amide bonds. The highest BCUT2D eigenvalue weighted by molar-refractivity contribution is 5.79.